The summed E-state index contributed by atoms with van der Waals surface area (Å²) in [5.74, 6) is -0.419. The highest BCUT2D eigenvalue weighted by Crippen LogP contribution is 2.16. The van der Waals surface area contributed by atoms with Gasteiger partial charge in [-0.25, -0.2) is 0 Å². The van der Waals surface area contributed by atoms with Gasteiger partial charge in [-0.1, -0.05) is 30.3 Å². The van der Waals surface area contributed by atoms with Crippen molar-refractivity contribution in [1.29, 1.82) is 0 Å². The highest BCUT2D eigenvalue weighted by molar-refractivity contribution is 5.87. The van der Waals surface area contributed by atoms with Crippen molar-refractivity contribution in [1.82, 2.24) is 0 Å². The molecule has 0 heterocycles. The normalized spacial score (nSPS) is 11.9. The van der Waals surface area contributed by atoms with Crippen LogP contribution in [0.2, 0.25) is 0 Å². The molecular formula is C11H14N2O. The largest absolute Gasteiger partial charge is 0.368 e. The molecule has 0 saturated carbocycles. The molecule has 14 heavy (non-hydrogen) atoms. The zero-order valence-electron chi connectivity index (χ0n) is 8.40. The fraction of sp³-hybridized carbons (Fsp3) is 0.273. The third-order valence-corrected chi connectivity index (χ3v) is 1.77. The first-order valence-electron chi connectivity index (χ1n) is 4.46. The summed E-state index contributed by atoms with van der Waals surface area (Å²) in [7, 11) is 0. The molecule has 2 N–H and O–H groups in total. The molecule has 0 aliphatic carbocycles. The molecule has 0 bridgehead atoms. The van der Waals surface area contributed by atoms with Gasteiger partial charge in [0.25, 0.3) is 0 Å². The number of nitrogens with zero attached hydrogens (tertiary/aromatic N) is 1. The number of carbonyl (C=O) groups is 1. The van der Waals surface area contributed by atoms with Crippen molar-refractivity contribution in [3.8, 4) is 0 Å². The Balaban J connectivity index is 3.01. The molecule has 3 nitrogen and oxygen atoms in total. The Hall–Kier alpha value is -1.64. The number of nitrogens with two attached hydrogens (primary N) is 1. The van der Waals surface area contributed by atoms with Gasteiger partial charge in [-0.3, -0.25) is 9.79 Å². The van der Waals surface area contributed by atoms with Crippen LogP contribution in [0.1, 0.15) is 25.5 Å². The minimum absolute atomic E-state index is 0.419. The van der Waals surface area contributed by atoms with Crippen LogP contribution in [0.15, 0.2) is 35.3 Å². The fourth-order valence-electron chi connectivity index (χ4n) is 1.20. The van der Waals surface area contributed by atoms with Crippen molar-refractivity contribution >= 4 is 11.6 Å². The van der Waals surface area contributed by atoms with Crippen molar-refractivity contribution in [3.05, 3.63) is 35.9 Å². The molecule has 3 heteroatoms. The van der Waals surface area contributed by atoms with E-state index in [9.17, 15) is 4.79 Å². The molecule has 0 saturated heterocycles. The van der Waals surface area contributed by atoms with Crippen LogP contribution in [0, 0.1) is 0 Å². The highest BCUT2D eigenvalue weighted by atomic mass is 16.1. The molecule has 1 aromatic rings. The average molecular weight is 190 g/mol. The molecule has 74 valence electrons. The van der Waals surface area contributed by atoms with E-state index in [1.54, 1.807) is 0 Å². The first-order chi connectivity index (χ1) is 6.61. The lowest BCUT2D eigenvalue weighted by molar-refractivity contribution is -0.119. The maximum atomic E-state index is 11.2. The maximum Gasteiger partial charge on any atom is 0.246 e. The van der Waals surface area contributed by atoms with Crippen LogP contribution in [0.5, 0.6) is 0 Å². The number of primary amides is 1. The summed E-state index contributed by atoms with van der Waals surface area (Å²) in [6.07, 6.45) is 0. The predicted octanol–water partition coefficient (Wildman–Crippen LogP) is 1.69. The molecule has 1 aromatic carbocycles. The first kappa shape index (κ1) is 10.4. The summed E-state index contributed by atoms with van der Waals surface area (Å²) in [5.41, 5.74) is 6.95. The molecule has 0 fully saturated rings. The van der Waals surface area contributed by atoms with E-state index >= 15 is 0 Å². The minimum atomic E-state index is -0.554. The summed E-state index contributed by atoms with van der Waals surface area (Å²) < 4.78 is 0. The van der Waals surface area contributed by atoms with E-state index in [4.69, 9.17) is 5.73 Å². The summed E-state index contributed by atoms with van der Waals surface area (Å²) in [4.78, 5) is 15.3. The summed E-state index contributed by atoms with van der Waals surface area (Å²) >= 11 is 0. The number of hydrogen-bond donors (Lipinski definition) is 1. The van der Waals surface area contributed by atoms with Gasteiger partial charge < -0.3 is 5.73 Å². The van der Waals surface area contributed by atoms with Crippen LogP contribution in [0.4, 0.5) is 0 Å². The lowest BCUT2D eigenvalue weighted by Crippen LogP contribution is -2.20. The zero-order chi connectivity index (χ0) is 10.6. The molecule has 1 amide bonds. The van der Waals surface area contributed by atoms with Crippen molar-refractivity contribution in [2.24, 2.45) is 10.7 Å². The third kappa shape index (κ3) is 2.69. The second-order valence-corrected chi connectivity index (χ2v) is 3.29. The zero-order valence-corrected chi connectivity index (χ0v) is 8.40. The van der Waals surface area contributed by atoms with Crippen LogP contribution in [0.25, 0.3) is 0 Å². The first-order valence-corrected chi connectivity index (χ1v) is 4.46. The SMILES string of the molecule is CC(C)=NC(C(N)=O)c1ccccc1. The van der Waals surface area contributed by atoms with Crippen molar-refractivity contribution in [2.45, 2.75) is 19.9 Å². The van der Waals surface area contributed by atoms with E-state index in [1.165, 1.54) is 0 Å². The quantitative estimate of drug-likeness (QED) is 0.724. The number of carbonyl (C=O) groups excluding carboxylic acids is 1. The monoisotopic (exact) mass is 190 g/mol. The van der Waals surface area contributed by atoms with Gasteiger partial charge in [0.15, 0.2) is 6.04 Å². The van der Waals surface area contributed by atoms with Gasteiger partial charge in [-0.05, 0) is 19.4 Å². The van der Waals surface area contributed by atoms with E-state index in [1.807, 2.05) is 44.2 Å². The lowest BCUT2D eigenvalue weighted by Gasteiger charge is -2.09. The van der Waals surface area contributed by atoms with Gasteiger partial charge in [0, 0.05) is 5.71 Å². The summed E-state index contributed by atoms with van der Waals surface area (Å²) in [5, 5.41) is 0. The van der Waals surface area contributed by atoms with Gasteiger partial charge in [0.1, 0.15) is 0 Å². The Morgan fingerprint density at radius 1 is 1.29 bits per heavy atom. The number of amides is 1. The second kappa shape index (κ2) is 4.56. The fourth-order valence-corrected chi connectivity index (χ4v) is 1.20. The topological polar surface area (TPSA) is 55.4 Å². The predicted molar refractivity (Wildman–Crippen MR) is 57.2 cm³/mol. The van der Waals surface area contributed by atoms with Crippen molar-refractivity contribution in [3.63, 3.8) is 0 Å². The maximum absolute atomic E-state index is 11.2. The average Bonchev–Trinajstić information content (AvgIpc) is 2.15. The van der Waals surface area contributed by atoms with E-state index in [-0.39, 0.29) is 0 Å². The molecule has 0 spiro atoms. The minimum Gasteiger partial charge on any atom is -0.368 e. The summed E-state index contributed by atoms with van der Waals surface area (Å²) in [6, 6.07) is 8.77. The molecule has 1 atom stereocenters. The van der Waals surface area contributed by atoms with Crippen molar-refractivity contribution in [2.75, 3.05) is 0 Å². The van der Waals surface area contributed by atoms with Crippen LogP contribution >= 0.6 is 0 Å². The summed E-state index contributed by atoms with van der Waals surface area (Å²) in [6.45, 7) is 3.69. The van der Waals surface area contributed by atoms with Gasteiger partial charge in [0.2, 0.25) is 5.91 Å². The van der Waals surface area contributed by atoms with Gasteiger partial charge >= 0.3 is 0 Å². The lowest BCUT2D eigenvalue weighted by atomic mass is 10.1. The number of aliphatic imine (C=N–C) groups is 1. The Bertz CT molecular complexity index is 340. The van der Waals surface area contributed by atoms with Gasteiger partial charge in [-0.2, -0.15) is 0 Å². The standard InChI is InChI=1S/C11H14N2O/c1-8(2)13-10(11(12)14)9-6-4-3-5-7-9/h3-7,10H,1-2H3,(H2,12,14). The van der Waals surface area contributed by atoms with E-state index in [0.29, 0.717) is 0 Å². The van der Waals surface area contributed by atoms with E-state index in [2.05, 4.69) is 4.99 Å². The third-order valence-electron chi connectivity index (χ3n) is 1.77. The van der Waals surface area contributed by atoms with Crippen LogP contribution in [0.3, 0.4) is 0 Å². The molecular weight excluding hydrogens is 176 g/mol. The Morgan fingerprint density at radius 2 is 1.86 bits per heavy atom. The Labute approximate surface area is 83.7 Å². The Kier molecular flexibility index (Phi) is 3.40. The molecule has 1 rings (SSSR count). The smallest absolute Gasteiger partial charge is 0.246 e. The van der Waals surface area contributed by atoms with E-state index < -0.39 is 11.9 Å². The van der Waals surface area contributed by atoms with Crippen LogP contribution in [-0.2, 0) is 4.79 Å². The molecule has 0 radical (unpaired) electrons. The van der Waals surface area contributed by atoms with Gasteiger partial charge in [0.05, 0.1) is 0 Å². The highest BCUT2D eigenvalue weighted by Gasteiger charge is 2.15. The number of hydrogen-bond acceptors (Lipinski definition) is 2. The molecule has 1 unspecified atom stereocenters. The molecule has 0 aromatic heterocycles. The Morgan fingerprint density at radius 3 is 2.29 bits per heavy atom. The van der Waals surface area contributed by atoms with Crippen molar-refractivity contribution < 1.29 is 4.79 Å². The molecule has 0 aliphatic heterocycles. The molecule has 0 aliphatic rings. The second-order valence-electron chi connectivity index (χ2n) is 3.29. The van der Waals surface area contributed by atoms with Crippen LogP contribution < -0.4 is 5.73 Å². The number of rotatable bonds is 3. The van der Waals surface area contributed by atoms with E-state index in [0.717, 1.165) is 11.3 Å². The van der Waals surface area contributed by atoms with Gasteiger partial charge in [-0.15, -0.1) is 0 Å². The van der Waals surface area contributed by atoms with Crippen LogP contribution in [-0.4, -0.2) is 11.6 Å². The number of benzene rings is 1.